The highest BCUT2D eigenvalue weighted by Crippen LogP contribution is 2.61. The second kappa shape index (κ2) is 4.35. The maximum atomic E-state index is 10.4. The zero-order chi connectivity index (χ0) is 13.0. The molecule has 1 heteroatoms. The van der Waals surface area contributed by atoms with Crippen molar-refractivity contribution in [2.75, 3.05) is 0 Å². The minimum Gasteiger partial charge on any atom is -0.393 e. The van der Waals surface area contributed by atoms with Crippen LogP contribution in [0.5, 0.6) is 0 Å². The van der Waals surface area contributed by atoms with Crippen LogP contribution in [0.1, 0.15) is 71.1 Å². The van der Waals surface area contributed by atoms with Gasteiger partial charge < -0.3 is 5.11 Å². The zero-order valence-electron chi connectivity index (χ0n) is 12.3. The topological polar surface area (TPSA) is 20.2 Å². The van der Waals surface area contributed by atoms with Crippen LogP contribution < -0.4 is 0 Å². The number of allylic oxidation sites excluding steroid dienone is 2. The van der Waals surface area contributed by atoms with Crippen molar-refractivity contribution in [2.24, 2.45) is 23.2 Å². The summed E-state index contributed by atoms with van der Waals surface area (Å²) in [5.41, 5.74) is 4.01. The summed E-state index contributed by atoms with van der Waals surface area (Å²) in [7, 11) is 0. The van der Waals surface area contributed by atoms with Gasteiger partial charge in [0.05, 0.1) is 6.10 Å². The van der Waals surface area contributed by atoms with Crippen molar-refractivity contribution in [2.45, 2.75) is 77.2 Å². The van der Waals surface area contributed by atoms with E-state index in [-0.39, 0.29) is 11.5 Å². The molecule has 4 aliphatic rings. The Bertz CT molecular complexity index is 410. The van der Waals surface area contributed by atoms with Gasteiger partial charge in [-0.25, -0.2) is 0 Å². The molecule has 0 aromatic rings. The third-order valence-electron chi connectivity index (χ3n) is 7.24. The molecule has 19 heavy (non-hydrogen) atoms. The van der Waals surface area contributed by atoms with Crippen LogP contribution in [-0.4, -0.2) is 11.2 Å². The number of hydrogen-bond acceptors (Lipinski definition) is 1. The molecule has 1 nitrogen and oxygen atoms in total. The normalized spacial score (nSPS) is 49.6. The molecular weight excluding hydrogens is 232 g/mol. The van der Waals surface area contributed by atoms with Gasteiger partial charge in [-0.05, 0) is 87.4 Å². The molecule has 4 aliphatic carbocycles. The van der Waals surface area contributed by atoms with Crippen molar-refractivity contribution < 1.29 is 5.11 Å². The van der Waals surface area contributed by atoms with Crippen LogP contribution in [0.4, 0.5) is 0 Å². The second-order valence-electron chi connectivity index (χ2n) is 7.89. The Morgan fingerprint density at radius 2 is 1.84 bits per heavy atom. The number of rotatable bonds is 0. The van der Waals surface area contributed by atoms with E-state index in [1.54, 1.807) is 0 Å². The summed E-state index contributed by atoms with van der Waals surface area (Å²) in [6, 6.07) is 0. The Labute approximate surface area is 117 Å². The molecule has 106 valence electrons. The number of aliphatic hydroxyl groups is 1. The first-order chi connectivity index (χ1) is 9.20. The summed E-state index contributed by atoms with van der Waals surface area (Å²) in [5.74, 6) is 2.64. The molecule has 0 amide bonds. The minimum absolute atomic E-state index is 0.0137. The van der Waals surface area contributed by atoms with E-state index in [4.69, 9.17) is 0 Å². The SMILES string of the molecule is C[C@]12CC[C@@H]3C4=C(CCCC4)CC[C@H]3[C@@H]1CCC2O. The molecule has 0 heterocycles. The van der Waals surface area contributed by atoms with E-state index in [0.717, 1.165) is 24.2 Å². The van der Waals surface area contributed by atoms with Gasteiger partial charge in [0.25, 0.3) is 0 Å². The average molecular weight is 260 g/mol. The van der Waals surface area contributed by atoms with Crippen molar-refractivity contribution in [3.63, 3.8) is 0 Å². The van der Waals surface area contributed by atoms with Gasteiger partial charge in [0.2, 0.25) is 0 Å². The fourth-order valence-electron chi connectivity index (χ4n) is 6.16. The van der Waals surface area contributed by atoms with Crippen molar-refractivity contribution in [1.29, 1.82) is 0 Å². The van der Waals surface area contributed by atoms with E-state index in [1.807, 2.05) is 11.1 Å². The fraction of sp³-hybridized carbons (Fsp3) is 0.889. The van der Waals surface area contributed by atoms with E-state index < -0.39 is 0 Å². The van der Waals surface area contributed by atoms with E-state index in [2.05, 4.69) is 6.92 Å². The molecule has 0 saturated heterocycles. The lowest BCUT2D eigenvalue weighted by Gasteiger charge is -2.51. The Balaban J connectivity index is 1.66. The molecule has 2 fully saturated rings. The van der Waals surface area contributed by atoms with Gasteiger partial charge in [0, 0.05) is 0 Å². The van der Waals surface area contributed by atoms with Gasteiger partial charge in [-0.3, -0.25) is 0 Å². The van der Waals surface area contributed by atoms with Gasteiger partial charge in [-0.1, -0.05) is 18.1 Å². The van der Waals surface area contributed by atoms with Crippen molar-refractivity contribution in [1.82, 2.24) is 0 Å². The third kappa shape index (κ3) is 1.70. The largest absolute Gasteiger partial charge is 0.393 e. The number of hydrogen-bond donors (Lipinski definition) is 1. The highest BCUT2D eigenvalue weighted by Gasteiger charge is 2.54. The molecule has 1 N–H and O–H groups in total. The molecule has 2 saturated carbocycles. The molecule has 0 aliphatic heterocycles. The molecule has 0 radical (unpaired) electrons. The summed E-state index contributed by atoms with van der Waals surface area (Å²) in [5, 5.41) is 10.4. The molecule has 4 rings (SSSR count). The molecule has 0 aromatic heterocycles. The molecule has 0 spiro atoms. The van der Waals surface area contributed by atoms with Crippen molar-refractivity contribution >= 4 is 0 Å². The molecule has 0 aromatic carbocycles. The lowest BCUT2D eigenvalue weighted by atomic mass is 9.54. The fourth-order valence-corrected chi connectivity index (χ4v) is 6.16. The molecule has 5 atom stereocenters. The quantitative estimate of drug-likeness (QED) is 0.638. The second-order valence-corrected chi connectivity index (χ2v) is 7.89. The first kappa shape index (κ1) is 12.4. The van der Waals surface area contributed by atoms with Crippen LogP contribution in [0.25, 0.3) is 0 Å². The maximum absolute atomic E-state index is 10.4. The van der Waals surface area contributed by atoms with Gasteiger partial charge in [-0.2, -0.15) is 0 Å². The summed E-state index contributed by atoms with van der Waals surface area (Å²) in [6.45, 7) is 2.39. The van der Waals surface area contributed by atoms with Crippen LogP contribution in [-0.2, 0) is 0 Å². The molecule has 1 unspecified atom stereocenters. The van der Waals surface area contributed by atoms with Gasteiger partial charge in [-0.15, -0.1) is 0 Å². The van der Waals surface area contributed by atoms with E-state index in [9.17, 15) is 5.11 Å². The summed E-state index contributed by atoms with van der Waals surface area (Å²) in [6.07, 6.45) is 13.5. The Hall–Kier alpha value is -0.300. The summed E-state index contributed by atoms with van der Waals surface area (Å²) < 4.78 is 0. The third-order valence-corrected chi connectivity index (χ3v) is 7.24. The Morgan fingerprint density at radius 1 is 1.00 bits per heavy atom. The van der Waals surface area contributed by atoms with Crippen LogP contribution in [0.2, 0.25) is 0 Å². The van der Waals surface area contributed by atoms with Crippen LogP contribution in [0.15, 0.2) is 11.1 Å². The van der Waals surface area contributed by atoms with Crippen LogP contribution >= 0.6 is 0 Å². The monoisotopic (exact) mass is 260 g/mol. The van der Waals surface area contributed by atoms with Crippen molar-refractivity contribution in [3.05, 3.63) is 11.1 Å². The standard InChI is InChI=1S/C18H28O/c1-18-11-10-14-13-5-3-2-4-12(13)6-7-15(14)16(18)8-9-17(18)19/h14-17,19H,2-11H2,1H3/t14-,15-,16+,17?,18+/m1/s1. The summed E-state index contributed by atoms with van der Waals surface area (Å²) in [4.78, 5) is 0. The predicted octanol–water partition coefficient (Wildman–Crippen LogP) is 4.45. The van der Waals surface area contributed by atoms with E-state index in [0.29, 0.717) is 0 Å². The van der Waals surface area contributed by atoms with Crippen LogP contribution in [0, 0.1) is 23.2 Å². The lowest BCUT2D eigenvalue weighted by Crippen LogP contribution is -2.45. The maximum Gasteiger partial charge on any atom is 0.0596 e. The van der Waals surface area contributed by atoms with Crippen molar-refractivity contribution in [3.8, 4) is 0 Å². The minimum atomic E-state index is -0.0137. The highest BCUT2D eigenvalue weighted by atomic mass is 16.3. The van der Waals surface area contributed by atoms with E-state index in [1.165, 1.54) is 57.8 Å². The Morgan fingerprint density at radius 3 is 2.74 bits per heavy atom. The Kier molecular flexibility index (Phi) is 2.85. The zero-order valence-corrected chi connectivity index (χ0v) is 12.3. The summed E-state index contributed by atoms with van der Waals surface area (Å²) >= 11 is 0. The average Bonchev–Trinajstić information content (AvgIpc) is 2.75. The van der Waals surface area contributed by atoms with Gasteiger partial charge >= 0.3 is 0 Å². The first-order valence-electron chi connectivity index (χ1n) is 8.59. The molecular formula is C18H28O. The number of aliphatic hydroxyl groups excluding tert-OH is 1. The van der Waals surface area contributed by atoms with Gasteiger partial charge in [0.1, 0.15) is 0 Å². The number of fused-ring (bicyclic) bond motifs is 4. The lowest BCUT2D eigenvalue weighted by molar-refractivity contribution is -0.0316. The molecule has 0 bridgehead atoms. The predicted molar refractivity (Wildman–Crippen MR) is 77.8 cm³/mol. The smallest absolute Gasteiger partial charge is 0.0596 e. The van der Waals surface area contributed by atoms with Gasteiger partial charge in [0.15, 0.2) is 0 Å². The van der Waals surface area contributed by atoms with E-state index >= 15 is 0 Å². The first-order valence-corrected chi connectivity index (χ1v) is 8.59. The van der Waals surface area contributed by atoms with Crippen LogP contribution in [0.3, 0.4) is 0 Å². The highest BCUT2D eigenvalue weighted by molar-refractivity contribution is 5.26.